The first kappa shape index (κ1) is 16.7. The summed E-state index contributed by atoms with van der Waals surface area (Å²) in [5.41, 5.74) is 5.44. The van der Waals surface area contributed by atoms with Crippen molar-refractivity contribution in [2.24, 2.45) is 11.7 Å². The highest BCUT2D eigenvalue weighted by Gasteiger charge is 2.28. The third kappa shape index (κ3) is 5.21. The number of carbonyl (C=O) groups is 1. The number of piperidine rings is 1. The molecule has 2 saturated heterocycles. The Bertz CT molecular complexity index is 327. The molecular formula is C15H30N4O2. The number of hydrogen-bond acceptors (Lipinski definition) is 5. The Kier molecular flexibility index (Phi) is 6.89. The molecule has 2 atom stereocenters. The Morgan fingerprint density at radius 3 is 2.95 bits per heavy atom. The molecule has 0 radical (unpaired) electrons. The van der Waals surface area contributed by atoms with E-state index in [2.05, 4.69) is 22.0 Å². The molecule has 2 aliphatic heterocycles. The number of carbonyl (C=O) groups excluding carboxylic acids is 1. The second-order valence-electron chi connectivity index (χ2n) is 6.06. The van der Waals surface area contributed by atoms with Crippen LogP contribution in [0, 0.1) is 5.92 Å². The minimum absolute atomic E-state index is 0.108. The minimum Gasteiger partial charge on any atom is -0.374 e. The number of amides is 1. The summed E-state index contributed by atoms with van der Waals surface area (Å²) in [7, 11) is 0. The van der Waals surface area contributed by atoms with Gasteiger partial charge in [0.25, 0.3) is 0 Å². The number of nitrogens with one attached hydrogen (secondary N) is 1. The zero-order valence-corrected chi connectivity index (χ0v) is 13.2. The predicted octanol–water partition coefficient (Wildman–Crippen LogP) is -0.506. The van der Waals surface area contributed by atoms with E-state index in [0.717, 1.165) is 58.7 Å². The molecule has 21 heavy (non-hydrogen) atoms. The van der Waals surface area contributed by atoms with Crippen LogP contribution in [0.1, 0.15) is 19.8 Å². The van der Waals surface area contributed by atoms with Crippen LogP contribution < -0.4 is 11.1 Å². The number of nitrogens with zero attached hydrogens (tertiary/aromatic N) is 2. The van der Waals surface area contributed by atoms with Gasteiger partial charge in [0, 0.05) is 39.3 Å². The van der Waals surface area contributed by atoms with Crippen LogP contribution in [0.15, 0.2) is 0 Å². The van der Waals surface area contributed by atoms with Gasteiger partial charge < -0.3 is 15.8 Å². The Morgan fingerprint density at radius 2 is 2.19 bits per heavy atom. The molecule has 3 N–H and O–H groups in total. The second kappa shape index (κ2) is 8.68. The van der Waals surface area contributed by atoms with Crippen LogP contribution in [0.25, 0.3) is 0 Å². The smallest absolute Gasteiger partial charge is 0.224 e. The lowest BCUT2D eigenvalue weighted by Crippen LogP contribution is -2.50. The highest BCUT2D eigenvalue weighted by atomic mass is 16.5. The number of likely N-dealkylation sites (N-methyl/N-ethyl adjacent to an activating group) is 1. The van der Waals surface area contributed by atoms with Crippen molar-refractivity contribution in [2.75, 3.05) is 59.0 Å². The molecule has 2 heterocycles. The summed E-state index contributed by atoms with van der Waals surface area (Å²) in [5, 5.41) is 2.91. The van der Waals surface area contributed by atoms with Crippen molar-refractivity contribution in [3.8, 4) is 0 Å². The van der Waals surface area contributed by atoms with Crippen LogP contribution in [-0.4, -0.2) is 80.8 Å². The summed E-state index contributed by atoms with van der Waals surface area (Å²) in [6.45, 7) is 10.1. The van der Waals surface area contributed by atoms with Crippen LogP contribution in [0.4, 0.5) is 0 Å². The van der Waals surface area contributed by atoms with E-state index in [4.69, 9.17) is 10.5 Å². The van der Waals surface area contributed by atoms with E-state index in [9.17, 15) is 4.79 Å². The Balaban J connectivity index is 1.76. The van der Waals surface area contributed by atoms with Crippen LogP contribution in [-0.2, 0) is 9.53 Å². The number of morpholine rings is 1. The first-order valence-corrected chi connectivity index (χ1v) is 8.27. The van der Waals surface area contributed by atoms with Gasteiger partial charge in [-0.2, -0.15) is 0 Å². The third-order valence-electron chi connectivity index (χ3n) is 4.45. The number of likely N-dealkylation sites (tertiary alicyclic amines) is 1. The molecule has 0 aliphatic carbocycles. The van der Waals surface area contributed by atoms with Gasteiger partial charge in [-0.3, -0.25) is 14.6 Å². The molecule has 0 spiro atoms. The number of nitrogens with two attached hydrogens (primary N) is 1. The topological polar surface area (TPSA) is 70.8 Å². The van der Waals surface area contributed by atoms with Gasteiger partial charge in [-0.05, 0) is 25.9 Å². The summed E-state index contributed by atoms with van der Waals surface area (Å²) in [6.07, 6.45) is 2.36. The zero-order chi connectivity index (χ0) is 15.1. The van der Waals surface area contributed by atoms with E-state index in [1.165, 1.54) is 0 Å². The molecular weight excluding hydrogens is 268 g/mol. The SMILES string of the molecule is CCN1CCOC(CN2CCCC(C(=O)NCCN)C2)C1. The van der Waals surface area contributed by atoms with Gasteiger partial charge in [0.05, 0.1) is 18.6 Å². The van der Waals surface area contributed by atoms with E-state index in [1.54, 1.807) is 0 Å². The fourth-order valence-corrected chi connectivity index (χ4v) is 3.24. The van der Waals surface area contributed by atoms with E-state index in [1.807, 2.05) is 0 Å². The summed E-state index contributed by atoms with van der Waals surface area (Å²) >= 11 is 0. The van der Waals surface area contributed by atoms with Crippen molar-refractivity contribution in [1.29, 1.82) is 0 Å². The van der Waals surface area contributed by atoms with Gasteiger partial charge >= 0.3 is 0 Å². The fraction of sp³-hybridized carbons (Fsp3) is 0.933. The summed E-state index contributed by atoms with van der Waals surface area (Å²) < 4.78 is 5.87. The normalized spacial score (nSPS) is 28.5. The molecule has 0 bridgehead atoms. The van der Waals surface area contributed by atoms with Gasteiger partial charge in [0.1, 0.15) is 0 Å². The Labute approximate surface area is 128 Å². The maximum Gasteiger partial charge on any atom is 0.224 e. The van der Waals surface area contributed by atoms with Crippen molar-refractivity contribution in [3.63, 3.8) is 0 Å². The molecule has 2 fully saturated rings. The fourth-order valence-electron chi connectivity index (χ4n) is 3.24. The maximum atomic E-state index is 12.1. The van der Waals surface area contributed by atoms with Gasteiger partial charge in [-0.1, -0.05) is 6.92 Å². The number of rotatable bonds is 6. The molecule has 6 heteroatoms. The van der Waals surface area contributed by atoms with E-state index >= 15 is 0 Å². The average molecular weight is 298 g/mol. The minimum atomic E-state index is 0.108. The van der Waals surface area contributed by atoms with Crippen molar-refractivity contribution in [1.82, 2.24) is 15.1 Å². The molecule has 2 aliphatic rings. The van der Waals surface area contributed by atoms with E-state index < -0.39 is 0 Å². The van der Waals surface area contributed by atoms with Crippen LogP contribution in [0.3, 0.4) is 0 Å². The lowest BCUT2D eigenvalue weighted by molar-refractivity contribution is -0.127. The summed E-state index contributed by atoms with van der Waals surface area (Å²) in [5.74, 6) is 0.265. The highest BCUT2D eigenvalue weighted by Crippen LogP contribution is 2.18. The molecule has 0 aromatic heterocycles. The number of hydrogen-bond donors (Lipinski definition) is 2. The summed E-state index contributed by atoms with van der Waals surface area (Å²) in [6, 6.07) is 0. The quantitative estimate of drug-likeness (QED) is 0.691. The first-order chi connectivity index (χ1) is 10.2. The van der Waals surface area contributed by atoms with Crippen molar-refractivity contribution in [3.05, 3.63) is 0 Å². The van der Waals surface area contributed by atoms with Gasteiger partial charge in [-0.15, -0.1) is 0 Å². The van der Waals surface area contributed by atoms with Crippen molar-refractivity contribution >= 4 is 5.91 Å². The molecule has 1 amide bonds. The van der Waals surface area contributed by atoms with Crippen LogP contribution in [0.5, 0.6) is 0 Å². The molecule has 0 saturated carbocycles. The molecule has 0 aromatic carbocycles. The molecule has 2 unspecified atom stereocenters. The Morgan fingerprint density at radius 1 is 1.33 bits per heavy atom. The average Bonchev–Trinajstić information content (AvgIpc) is 2.53. The zero-order valence-electron chi connectivity index (χ0n) is 13.2. The summed E-state index contributed by atoms with van der Waals surface area (Å²) in [4.78, 5) is 16.9. The van der Waals surface area contributed by atoms with Crippen LogP contribution in [0.2, 0.25) is 0 Å². The molecule has 0 aromatic rings. The van der Waals surface area contributed by atoms with Crippen LogP contribution >= 0.6 is 0 Å². The third-order valence-corrected chi connectivity index (χ3v) is 4.45. The van der Waals surface area contributed by atoms with Crippen molar-refractivity contribution in [2.45, 2.75) is 25.9 Å². The predicted molar refractivity (Wildman–Crippen MR) is 83.1 cm³/mol. The first-order valence-electron chi connectivity index (χ1n) is 8.27. The van der Waals surface area contributed by atoms with Gasteiger partial charge in [0.2, 0.25) is 5.91 Å². The van der Waals surface area contributed by atoms with Gasteiger partial charge in [-0.25, -0.2) is 0 Å². The monoisotopic (exact) mass is 298 g/mol. The van der Waals surface area contributed by atoms with Gasteiger partial charge in [0.15, 0.2) is 0 Å². The van der Waals surface area contributed by atoms with E-state index in [-0.39, 0.29) is 17.9 Å². The van der Waals surface area contributed by atoms with E-state index in [0.29, 0.717) is 13.1 Å². The lowest BCUT2D eigenvalue weighted by atomic mass is 9.96. The number of ether oxygens (including phenoxy) is 1. The standard InChI is InChI=1S/C15H30N4O2/c1-2-18-8-9-21-14(11-18)12-19-7-3-4-13(10-19)15(20)17-6-5-16/h13-14H,2-12,16H2,1H3,(H,17,20). The molecule has 6 nitrogen and oxygen atoms in total. The second-order valence-corrected chi connectivity index (χ2v) is 6.06. The molecule has 2 rings (SSSR count). The highest BCUT2D eigenvalue weighted by molar-refractivity contribution is 5.78. The molecule has 122 valence electrons. The Hall–Kier alpha value is -0.690. The maximum absolute atomic E-state index is 12.1. The van der Waals surface area contributed by atoms with Crippen molar-refractivity contribution < 1.29 is 9.53 Å². The largest absolute Gasteiger partial charge is 0.374 e. The lowest BCUT2D eigenvalue weighted by Gasteiger charge is -2.38.